The number of rotatable bonds is 0. The van der Waals surface area contributed by atoms with Gasteiger partial charge in [-0.25, -0.2) is 0 Å². The van der Waals surface area contributed by atoms with Crippen molar-refractivity contribution in [3.8, 4) is 0 Å². The van der Waals surface area contributed by atoms with Crippen LogP contribution < -0.4 is 5.73 Å². The second kappa shape index (κ2) is 1.58. The standard InChI is InChI=1S/C4H5NOS/c5-3-1-2-7-4(3)6/h1H,2,5H2. The van der Waals surface area contributed by atoms with E-state index in [1.807, 2.05) is 0 Å². The molecule has 3 heteroatoms. The van der Waals surface area contributed by atoms with Crippen LogP contribution in [0.5, 0.6) is 0 Å². The molecule has 1 aliphatic rings. The number of nitrogens with two attached hydrogens (primary N) is 1. The van der Waals surface area contributed by atoms with Crippen molar-refractivity contribution >= 4 is 16.9 Å². The average molecular weight is 115 g/mol. The lowest BCUT2D eigenvalue weighted by Crippen LogP contribution is -2.01. The summed E-state index contributed by atoms with van der Waals surface area (Å²) in [6, 6.07) is 0. The highest BCUT2D eigenvalue weighted by atomic mass is 32.2. The first kappa shape index (κ1) is 4.71. The summed E-state index contributed by atoms with van der Waals surface area (Å²) in [6.07, 6.45) is 1.73. The summed E-state index contributed by atoms with van der Waals surface area (Å²) in [4.78, 5) is 10.3. The Morgan fingerprint density at radius 1 is 1.86 bits per heavy atom. The summed E-state index contributed by atoms with van der Waals surface area (Å²) in [6.45, 7) is 0. The van der Waals surface area contributed by atoms with Crippen LogP contribution in [-0.4, -0.2) is 10.9 Å². The predicted octanol–water partition coefficient (Wildman–Crippen LogP) is 0.102. The van der Waals surface area contributed by atoms with Crippen molar-refractivity contribution in [1.29, 1.82) is 0 Å². The van der Waals surface area contributed by atoms with Gasteiger partial charge in [-0.3, -0.25) is 4.79 Å². The van der Waals surface area contributed by atoms with E-state index in [-0.39, 0.29) is 5.12 Å². The lowest BCUT2D eigenvalue weighted by atomic mass is 10.5. The molecule has 0 bridgehead atoms. The fraction of sp³-hybridized carbons (Fsp3) is 0.250. The molecule has 0 aromatic heterocycles. The Balaban J connectivity index is 2.72. The van der Waals surface area contributed by atoms with Crippen molar-refractivity contribution in [3.63, 3.8) is 0 Å². The van der Waals surface area contributed by atoms with Gasteiger partial charge in [0.2, 0.25) is 5.12 Å². The highest BCUT2D eigenvalue weighted by Gasteiger charge is 2.10. The van der Waals surface area contributed by atoms with Gasteiger partial charge in [0, 0.05) is 5.75 Å². The van der Waals surface area contributed by atoms with Gasteiger partial charge in [0.1, 0.15) is 0 Å². The van der Waals surface area contributed by atoms with E-state index in [4.69, 9.17) is 5.73 Å². The minimum atomic E-state index is 0.0139. The molecular formula is C4H5NOS. The average Bonchev–Trinajstić information content (AvgIpc) is 1.91. The summed E-state index contributed by atoms with van der Waals surface area (Å²) in [5.74, 6) is 0.755. The first-order valence-electron chi connectivity index (χ1n) is 1.93. The molecule has 0 unspecified atom stereocenters. The Kier molecular flexibility index (Phi) is 1.06. The molecule has 0 aromatic carbocycles. The Morgan fingerprint density at radius 2 is 2.57 bits per heavy atom. The van der Waals surface area contributed by atoms with Crippen LogP contribution in [0.25, 0.3) is 0 Å². The first-order valence-corrected chi connectivity index (χ1v) is 2.92. The van der Waals surface area contributed by atoms with E-state index < -0.39 is 0 Å². The smallest absolute Gasteiger partial charge is 0.235 e. The van der Waals surface area contributed by atoms with E-state index in [0.717, 1.165) is 5.75 Å². The van der Waals surface area contributed by atoms with Gasteiger partial charge in [0.15, 0.2) is 0 Å². The summed E-state index contributed by atoms with van der Waals surface area (Å²) in [7, 11) is 0. The maximum Gasteiger partial charge on any atom is 0.235 e. The monoisotopic (exact) mass is 115 g/mol. The van der Waals surface area contributed by atoms with Gasteiger partial charge < -0.3 is 5.73 Å². The summed E-state index contributed by atoms with van der Waals surface area (Å²) >= 11 is 1.25. The number of carbonyl (C=O) groups excluding carboxylic acids is 1. The summed E-state index contributed by atoms with van der Waals surface area (Å²) in [5.41, 5.74) is 5.58. The van der Waals surface area contributed by atoms with Crippen LogP contribution in [-0.2, 0) is 4.79 Å². The molecule has 1 aliphatic heterocycles. The van der Waals surface area contributed by atoms with Gasteiger partial charge in [-0.1, -0.05) is 11.8 Å². The largest absolute Gasteiger partial charge is 0.395 e. The van der Waals surface area contributed by atoms with Crippen LogP contribution in [0.1, 0.15) is 0 Å². The number of carbonyl (C=O) groups is 1. The quantitative estimate of drug-likeness (QED) is 0.487. The third kappa shape index (κ3) is 0.771. The van der Waals surface area contributed by atoms with Gasteiger partial charge in [-0.2, -0.15) is 0 Å². The molecule has 0 saturated heterocycles. The van der Waals surface area contributed by atoms with Crippen molar-refractivity contribution in [2.24, 2.45) is 5.73 Å². The molecule has 2 nitrogen and oxygen atoms in total. The van der Waals surface area contributed by atoms with Crippen LogP contribution in [0, 0.1) is 0 Å². The molecule has 38 valence electrons. The van der Waals surface area contributed by atoms with E-state index >= 15 is 0 Å². The Bertz CT molecular complexity index is 130. The highest BCUT2D eigenvalue weighted by molar-refractivity contribution is 8.14. The lowest BCUT2D eigenvalue weighted by Gasteiger charge is -1.81. The van der Waals surface area contributed by atoms with E-state index in [1.165, 1.54) is 11.8 Å². The summed E-state index contributed by atoms with van der Waals surface area (Å²) in [5, 5.41) is 0.0139. The molecule has 0 aliphatic carbocycles. The first-order chi connectivity index (χ1) is 3.30. The third-order valence-corrected chi connectivity index (χ3v) is 1.58. The minimum absolute atomic E-state index is 0.0139. The molecule has 2 N–H and O–H groups in total. The number of hydrogen-bond donors (Lipinski definition) is 1. The zero-order valence-corrected chi connectivity index (χ0v) is 4.49. The molecule has 7 heavy (non-hydrogen) atoms. The van der Waals surface area contributed by atoms with Crippen LogP contribution in [0.4, 0.5) is 0 Å². The molecule has 0 amide bonds. The normalized spacial score (nSPS) is 20.0. The number of thioether (sulfide) groups is 1. The zero-order chi connectivity index (χ0) is 5.28. The fourth-order valence-corrected chi connectivity index (χ4v) is 1.04. The second-order valence-corrected chi connectivity index (χ2v) is 2.25. The van der Waals surface area contributed by atoms with Crippen LogP contribution in [0.2, 0.25) is 0 Å². The van der Waals surface area contributed by atoms with Crippen molar-refractivity contribution < 1.29 is 4.79 Å². The van der Waals surface area contributed by atoms with Crippen molar-refractivity contribution in [3.05, 3.63) is 11.8 Å². The molecule has 0 fully saturated rings. The van der Waals surface area contributed by atoms with Crippen molar-refractivity contribution in [1.82, 2.24) is 0 Å². The molecule has 0 atom stereocenters. The highest BCUT2D eigenvalue weighted by Crippen LogP contribution is 2.14. The summed E-state index contributed by atoms with van der Waals surface area (Å²) < 4.78 is 0. The second-order valence-electron chi connectivity index (χ2n) is 1.26. The maximum atomic E-state index is 10.3. The van der Waals surface area contributed by atoms with Crippen molar-refractivity contribution in [2.75, 3.05) is 5.75 Å². The lowest BCUT2D eigenvalue weighted by molar-refractivity contribution is -0.107. The molecule has 0 spiro atoms. The Hall–Kier alpha value is -0.440. The van der Waals surface area contributed by atoms with E-state index in [9.17, 15) is 4.79 Å². The van der Waals surface area contributed by atoms with Crippen LogP contribution in [0.3, 0.4) is 0 Å². The van der Waals surface area contributed by atoms with Crippen molar-refractivity contribution in [2.45, 2.75) is 0 Å². The molecule has 1 rings (SSSR count). The Morgan fingerprint density at radius 3 is 2.71 bits per heavy atom. The maximum absolute atomic E-state index is 10.3. The predicted molar refractivity (Wildman–Crippen MR) is 29.7 cm³/mol. The van der Waals surface area contributed by atoms with Gasteiger partial charge >= 0.3 is 0 Å². The van der Waals surface area contributed by atoms with Crippen LogP contribution >= 0.6 is 11.8 Å². The van der Waals surface area contributed by atoms with Gasteiger partial charge in [0.05, 0.1) is 5.70 Å². The minimum Gasteiger partial charge on any atom is -0.395 e. The van der Waals surface area contributed by atoms with E-state index in [1.54, 1.807) is 6.08 Å². The fourth-order valence-electron chi connectivity index (χ4n) is 0.374. The molecule has 0 saturated carbocycles. The SMILES string of the molecule is NC1=CCSC1=O. The zero-order valence-electron chi connectivity index (χ0n) is 3.68. The number of hydrogen-bond acceptors (Lipinski definition) is 3. The molecule has 0 radical (unpaired) electrons. The Labute approximate surface area is 45.8 Å². The van der Waals surface area contributed by atoms with E-state index in [0.29, 0.717) is 5.70 Å². The van der Waals surface area contributed by atoms with Gasteiger partial charge in [0.25, 0.3) is 0 Å². The van der Waals surface area contributed by atoms with E-state index in [2.05, 4.69) is 0 Å². The molecule has 1 heterocycles. The molecular weight excluding hydrogens is 110 g/mol. The third-order valence-electron chi connectivity index (χ3n) is 0.753. The van der Waals surface area contributed by atoms with Gasteiger partial charge in [-0.15, -0.1) is 0 Å². The topological polar surface area (TPSA) is 43.1 Å². The molecule has 0 aromatic rings. The van der Waals surface area contributed by atoms with Gasteiger partial charge in [-0.05, 0) is 6.08 Å². The van der Waals surface area contributed by atoms with Crippen LogP contribution in [0.15, 0.2) is 11.8 Å².